The topological polar surface area (TPSA) is 94.1 Å². The zero-order valence-corrected chi connectivity index (χ0v) is 8.35. The fourth-order valence-corrected chi connectivity index (χ4v) is 1.10. The Morgan fingerprint density at radius 1 is 1.47 bits per heavy atom. The molecule has 0 saturated carbocycles. The number of anilines is 1. The van der Waals surface area contributed by atoms with Gasteiger partial charge in [0.15, 0.2) is 6.20 Å². The highest BCUT2D eigenvalue weighted by Crippen LogP contribution is 2.11. The average Bonchev–Trinajstić information content (AvgIpc) is 2.25. The SMILES string of the molecule is NCCCCNc1ccc([N+](=O)[O-])nc1. The van der Waals surface area contributed by atoms with Crippen molar-refractivity contribution in [3.05, 3.63) is 28.4 Å². The highest BCUT2D eigenvalue weighted by molar-refractivity contribution is 5.43. The van der Waals surface area contributed by atoms with Crippen LogP contribution in [-0.2, 0) is 0 Å². The number of rotatable bonds is 6. The molecule has 0 aliphatic rings. The molecule has 0 fully saturated rings. The minimum atomic E-state index is -0.516. The molecule has 6 nitrogen and oxygen atoms in total. The minimum absolute atomic E-state index is 0.137. The number of nitrogens with zero attached hydrogens (tertiary/aromatic N) is 2. The van der Waals surface area contributed by atoms with Crippen LogP contribution in [0.1, 0.15) is 12.8 Å². The van der Waals surface area contributed by atoms with Crippen molar-refractivity contribution in [2.24, 2.45) is 5.73 Å². The van der Waals surface area contributed by atoms with E-state index in [1.165, 1.54) is 12.3 Å². The van der Waals surface area contributed by atoms with Crippen molar-refractivity contribution in [1.29, 1.82) is 0 Å². The first-order chi connectivity index (χ1) is 7.24. The van der Waals surface area contributed by atoms with Crippen LogP contribution in [0.15, 0.2) is 18.3 Å². The third kappa shape index (κ3) is 3.90. The van der Waals surface area contributed by atoms with Gasteiger partial charge in [0.05, 0.1) is 5.69 Å². The average molecular weight is 210 g/mol. The summed E-state index contributed by atoms with van der Waals surface area (Å²) >= 11 is 0. The summed E-state index contributed by atoms with van der Waals surface area (Å²) in [6.45, 7) is 1.48. The summed E-state index contributed by atoms with van der Waals surface area (Å²) in [5, 5.41) is 13.4. The van der Waals surface area contributed by atoms with Gasteiger partial charge in [-0.1, -0.05) is 0 Å². The van der Waals surface area contributed by atoms with Crippen molar-refractivity contribution < 1.29 is 4.92 Å². The third-order valence-corrected chi connectivity index (χ3v) is 1.89. The van der Waals surface area contributed by atoms with E-state index in [1.807, 2.05) is 0 Å². The summed E-state index contributed by atoms with van der Waals surface area (Å²) in [6, 6.07) is 3.03. The van der Waals surface area contributed by atoms with Gasteiger partial charge in [0.2, 0.25) is 0 Å². The van der Waals surface area contributed by atoms with Crippen LogP contribution in [-0.4, -0.2) is 23.0 Å². The molecular weight excluding hydrogens is 196 g/mol. The predicted octanol–water partition coefficient (Wildman–Crippen LogP) is 1.14. The Balaban J connectivity index is 2.39. The molecule has 1 aromatic rings. The second-order valence-corrected chi connectivity index (χ2v) is 3.08. The maximum absolute atomic E-state index is 10.3. The number of nitrogens with one attached hydrogen (secondary N) is 1. The van der Waals surface area contributed by atoms with Crippen LogP contribution in [0.5, 0.6) is 0 Å². The van der Waals surface area contributed by atoms with Crippen LogP contribution in [0.25, 0.3) is 0 Å². The molecule has 0 amide bonds. The van der Waals surface area contributed by atoms with Gasteiger partial charge >= 0.3 is 5.82 Å². The standard InChI is InChI=1S/C9H14N4O2/c10-5-1-2-6-11-8-3-4-9(12-7-8)13(14)15/h3-4,7,11H,1-2,5-6,10H2. The van der Waals surface area contributed by atoms with Gasteiger partial charge in [-0.15, -0.1) is 0 Å². The molecule has 0 saturated heterocycles. The van der Waals surface area contributed by atoms with Crippen LogP contribution in [0.2, 0.25) is 0 Å². The third-order valence-electron chi connectivity index (χ3n) is 1.89. The van der Waals surface area contributed by atoms with Crippen LogP contribution in [0.3, 0.4) is 0 Å². The van der Waals surface area contributed by atoms with Gasteiger partial charge in [-0.2, -0.15) is 0 Å². The first-order valence-corrected chi connectivity index (χ1v) is 4.78. The van der Waals surface area contributed by atoms with E-state index in [2.05, 4.69) is 10.3 Å². The van der Waals surface area contributed by atoms with Crippen molar-refractivity contribution in [2.45, 2.75) is 12.8 Å². The van der Waals surface area contributed by atoms with Crippen LogP contribution in [0, 0.1) is 10.1 Å². The quantitative estimate of drug-likeness (QED) is 0.417. The molecule has 0 atom stereocenters. The van der Waals surface area contributed by atoms with Crippen molar-refractivity contribution in [1.82, 2.24) is 4.98 Å². The van der Waals surface area contributed by atoms with Gasteiger partial charge in [-0.25, -0.2) is 0 Å². The van der Waals surface area contributed by atoms with Gasteiger partial charge in [0.25, 0.3) is 0 Å². The fourth-order valence-electron chi connectivity index (χ4n) is 1.10. The first-order valence-electron chi connectivity index (χ1n) is 4.78. The van der Waals surface area contributed by atoms with Crippen LogP contribution >= 0.6 is 0 Å². The molecule has 6 heteroatoms. The molecule has 0 unspecified atom stereocenters. The molecular formula is C9H14N4O2. The van der Waals surface area contributed by atoms with E-state index in [1.54, 1.807) is 6.07 Å². The summed E-state index contributed by atoms with van der Waals surface area (Å²) < 4.78 is 0. The van der Waals surface area contributed by atoms with Crippen molar-refractivity contribution >= 4 is 11.5 Å². The zero-order chi connectivity index (χ0) is 11.1. The monoisotopic (exact) mass is 210 g/mol. The zero-order valence-electron chi connectivity index (χ0n) is 8.35. The normalized spacial score (nSPS) is 9.93. The van der Waals surface area contributed by atoms with Gasteiger partial charge in [0.1, 0.15) is 0 Å². The summed E-state index contributed by atoms with van der Waals surface area (Å²) in [7, 11) is 0. The molecule has 82 valence electrons. The van der Waals surface area contributed by atoms with Gasteiger partial charge < -0.3 is 21.2 Å². The Hall–Kier alpha value is -1.69. The summed E-state index contributed by atoms with van der Waals surface area (Å²) in [6.07, 6.45) is 3.40. The Labute approximate surface area is 87.7 Å². The minimum Gasteiger partial charge on any atom is -0.382 e. The van der Waals surface area contributed by atoms with E-state index in [4.69, 9.17) is 5.73 Å². The lowest BCUT2D eigenvalue weighted by Gasteiger charge is -2.03. The fraction of sp³-hybridized carbons (Fsp3) is 0.444. The molecule has 1 rings (SSSR count). The molecule has 1 heterocycles. The number of hydrogen-bond donors (Lipinski definition) is 2. The first kappa shape index (κ1) is 11.4. The maximum atomic E-state index is 10.3. The van der Waals surface area contributed by atoms with Gasteiger partial charge in [-0.3, -0.25) is 0 Å². The molecule has 0 spiro atoms. The molecule has 0 aliphatic carbocycles. The predicted molar refractivity (Wildman–Crippen MR) is 57.7 cm³/mol. The summed E-state index contributed by atoms with van der Waals surface area (Å²) in [5.74, 6) is -0.137. The molecule has 0 aromatic carbocycles. The van der Waals surface area contributed by atoms with E-state index < -0.39 is 4.92 Å². The number of aromatic nitrogens is 1. The molecule has 3 N–H and O–H groups in total. The van der Waals surface area contributed by atoms with E-state index in [9.17, 15) is 10.1 Å². The van der Waals surface area contributed by atoms with E-state index in [-0.39, 0.29) is 5.82 Å². The highest BCUT2D eigenvalue weighted by atomic mass is 16.6. The molecule has 15 heavy (non-hydrogen) atoms. The van der Waals surface area contributed by atoms with E-state index in [0.717, 1.165) is 25.1 Å². The summed E-state index contributed by atoms with van der Waals surface area (Å²) in [5.41, 5.74) is 6.14. The number of pyridine rings is 1. The van der Waals surface area contributed by atoms with Gasteiger partial charge in [0, 0.05) is 12.6 Å². The van der Waals surface area contributed by atoms with Crippen LogP contribution < -0.4 is 11.1 Å². The summed E-state index contributed by atoms with van der Waals surface area (Å²) in [4.78, 5) is 13.5. The number of nitrogens with two attached hydrogens (primary N) is 1. The largest absolute Gasteiger partial charge is 0.382 e. The van der Waals surface area contributed by atoms with Crippen molar-refractivity contribution in [3.63, 3.8) is 0 Å². The smallest absolute Gasteiger partial charge is 0.363 e. The molecule has 0 radical (unpaired) electrons. The number of hydrogen-bond acceptors (Lipinski definition) is 5. The highest BCUT2D eigenvalue weighted by Gasteiger charge is 2.05. The Bertz CT molecular complexity index is 312. The van der Waals surface area contributed by atoms with Crippen LogP contribution in [0.4, 0.5) is 11.5 Å². The van der Waals surface area contributed by atoms with Crippen molar-refractivity contribution in [2.75, 3.05) is 18.4 Å². The Morgan fingerprint density at radius 2 is 2.27 bits per heavy atom. The van der Waals surface area contributed by atoms with E-state index in [0.29, 0.717) is 6.54 Å². The Morgan fingerprint density at radius 3 is 2.80 bits per heavy atom. The van der Waals surface area contributed by atoms with E-state index >= 15 is 0 Å². The molecule has 1 aromatic heterocycles. The van der Waals surface area contributed by atoms with Gasteiger partial charge in [-0.05, 0) is 35.4 Å². The lowest BCUT2D eigenvalue weighted by molar-refractivity contribution is -0.389. The Kier molecular flexibility index (Phi) is 4.49. The second-order valence-electron chi connectivity index (χ2n) is 3.08. The van der Waals surface area contributed by atoms with Crippen molar-refractivity contribution in [3.8, 4) is 0 Å². The second kappa shape index (κ2) is 5.92. The molecule has 0 aliphatic heterocycles. The maximum Gasteiger partial charge on any atom is 0.363 e. The molecule has 0 bridgehead atoms. The number of unbranched alkanes of at least 4 members (excludes halogenated alkanes) is 1. The lowest BCUT2D eigenvalue weighted by Crippen LogP contribution is -2.05. The number of nitro groups is 1. The lowest BCUT2D eigenvalue weighted by atomic mass is 10.3.